The summed E-state index contributed by atoms with van der Waals surface area (Å²) in [4.78, 5) is 19.1. The number of aromatic nitrogens is 3. The van der Waals surface area contributed by atoms with Crippen LogP contribution in [0.2, 0.25) is 0 Å². The summed E-state index contributed by atoms with van der Waals surface area (Å²) in [5.41, 5.74) is 0.819. The van der Waals surface area contributed by atoms with Crippen molar-refractivity contribution in [2.45, 2.75) is 51.2 Å². The van der Waals surface area contributed by atoms with E-state index >= 15 is 0 Å². The number of halogens is 3. The zero-order valence-electron chi connectivity index (χ0n) is 14.2. The zero-order chi connectivity index (χ0) is 18.4. The van der Waals surface area contributed by atoms with E-state index in [9.17, 15) is 18.0 Å². The molecule has 1 saturated heterocycles. The second-order valence-corrected chi connectivity index (χ2v) is 8.11. The van der Waals surface area contributed by atoms with E-state index in [2.05, 4.69) is 30.9 Å². The predicted octanol–water partition coefficient (Wildman–Crippen LogP) is 2.74. The third-order valence-electron chi connectivity index (χ3n) is 4.07. The summed E-state index contributed by atoms with van der Waals surface area (Å²) in [6.07, 6.45) is -1.31. The minimum Gasteiger partial charge on any atom is -0.345 e. The van der Waals surface area contributed by atoms with Crippen molar-refractivity contribution in [3.63, 3.8) is 0 Å². The van der Waals surface area contributed by atoms with Crippen molar-refractivity contribution in [3.8, 4) is 0 Å². The van der Waals surface area contributed by atoms with Crippen molar-refractivity contribution in [1.82, 2.24) is 19.9 Å². The van der Waals surface area contributed by atoms with Gasteiger partial charge in [0.1, 0.15) is 12.6 Å². The Hall–Kier alpha value is -1.84. The molecule has 1 atom stereocenters. The first-order valence-electron chi connectivity index (χ1n) is 8.02. The predicted molar refractivity (Wildman–Crippen MR) is 89.0 cm³/mol. The normalized spacial score (nSPS) is 19.0. The molecule has 2 aromatic heterocycles. The van der Waals surface area contributed by atoms with Gasteiger partial charge in [0.2, 0.25) is 16.0 Å². The number of nitrogens with zero attached hydrogens (tertiary/aromatic N) is 4. The molecule has 138 valence electrons. The lowest BCUT2D eigenvalue weighted by Gasteiger charge is -2.23. The molecule has 1 amide bonds. The van der Waals surface area contributed by atoms with Crippen molar-refractivity contribution in [2.75, 3.05) is 18.0 Å². The van der Waals surface area contributed by atoms with Crippen LogP contribution in [-0.4, -0.2) is 45.8 Å². The van der Waals surface area contributed by atoms with E-state index in [0.29, 0.717) is 23.1 Å². The first-order chi connectivity index (χ1) is 11.5. The Labute approximate surface area is 147 Å². The van der Waals surface area contributed by atoms with Gasteiger partial charge in [-0.1, -0.05) is 32.1 Å². The molecule has 0 unspecified atom stereocenters. The van der Waals surface area contributed by atoms with Crippen LogP contribution >= 0.6 is 11.3 Å². The molecule has 25 heavy (non-hydrogen) atoms. The average molecular weight is 375 g/mol. The Morgan fingerprint density at radius 1 is 1.40 bits per heavy atom. The van der Waals surface area contributed by atoms with Crippen LogP contribution < -0.4 is 10.2 Å². The van der Waals surface area contributed by atoms with Gasteiger partial charge in [-0.2, -0.15) is 13.2 Å². The first kappa shape index (κ1) is 18.0. The number of nitrogens with one attached hydrogen (secondary N) is 1. The molecule has 10 heteroatoms. The summed E-state index contributed by atoms with van der Waals surface area (Å²) in [7, 11) is 0. The lowest BCUT2D eigenvalue weighted by Crippen LogP contribution is -2.46. The molecular formula is C15H20F3N5OS. The fourth-order valence-electron chi connectivity index (χ4n) is 2.74. The highest BCUT2D eigenvalue weighted by Gasteiger charge is 2.35. The SMILES string of the molecule is CC(C)(C)c1cn2nc(N3CCC[C@H]3C(=O)NCC(F)(F)F)sc2n1. The van der Waals surface area contributed by atoms with E-state index in [4.69, 9.17) is 0 Å². The average Bonchev–Trinajstić information content (AvgIpc) is 3.15. The van der Waals surface area contributed by atoms with Gasteiger partial charge in [0.05, 0.1) is 11.9 Å². The number of anilines is 1. The molecule has 6 nitrogen and oxygen atoms in total. The number of fused-ring (bicyclic) bond motifs is 1. The monoisotopic (exact) mass is 375 g/mol. The van der Waals surface area contributed by atoms with Crippen LogP contribution in [0.4, 0.5) is 18.3 Å². The van der Waals surface area contributed by atoms with E-state index in [-0.39, 0.29) is 5.41 Å². The highest BCUT2D eigenvalue weighted by Crippen LogP contribution is 2.31. The summed E-state index contributed by atoms with van der Waals surface area (Å²) in [5, 5.41) is 7.04. The number of rotatable bonds is 3. The van der Waals surface area contributed by atoms with Crippen molar-refractivity contribution in [3.05, 3.63) is 11.9 Å². The zero-order valence-corrected chi connectivity index (χ0v) is 15.0. The quantitative estimate of drug-likeness (QED) is 0.896. The van der Waals surface area contributed by atoms with Crippen LogP contribution in [0.25, 0.3) is 4.96 Å². The Kier molecular flexibility index (Phi) is 4.42. The van der Waals surface area contributed by atoms with Crippen molar-refractivity contribution >= 4 is 27.3 Å². The van der Waals surface area contributed by atoms with E-state index in [1.165, 1.54) is 11.3 Å². The van der Waals surface area contributed by atoms with Gasteiger partial charge < -0.3 is 10.2 Å². The van der Waals surface area contributed by atoms with Gasteiger partial charge in [0.15, 0.2) is 0 Å². The number of alkyl halides is 3. The minimum absolute atomic E-state index is 0.0960. The number of hydrogen-bond donors (Lipinski definition) is 1. The fraction of sp³-hybridized carbons (Fsp3) is 0.667. The second kappa shape index (κ2) is 6.15. The van der Waals surface area contributed by atoms with Crippen LogP contribution in [0.3, 0.4) is 0 Å². The van der Waals surface area contributed by atoms with Crippen LogP contribution in [0.15, 0.2) is 6.20 Å². The van der Waals surface area contributed by atoms with Crippen LogP contribution in [0, 0.1) is 0 Å². The molecule has 1 N–H and O–H groups in total. The summed E-state index contributed by atoms with van der Waals surface area (Å²) in [6, 6.07) is -0.625. The molecule has 1 fully saturated rings. The third kappa shape index (κ3) is 3.88. The van der Waals surface area contributed by atoms with Crippen molar-refractivity contribution in [1.29, 1.82) is 0 Å². The van der Waals surface area contributed by atoms with Crippen molar-refractivity contribution in [2.24, 2.45) is 0 Å². The summed E-state index contributed by atoms with van der Waals surface area (Å²) in [6.45, 7) is 5.45. The van der Waals surface area contributed by atoms with Gasteiger partial charge in [-0.15, -0.1) is 5.10 Å². The Bertz CT molecular complexity index is 745. The smallest absolute Gasteiger partial charge is 0.345 e. The Morgan fingerprint density at radius 3 is 2.72 bits per heavy atom. The number of carbonyl (C=O) groups excluding carboxylic acids is 1. The maximum Gasteiger partial charge on any atom is 0.405 e. The summed E-state index contributed by atoms with van der Waals surface area (Å²) >= 11 is 1.34. The minimum atomic E-state index is -4.41. The van der Waals surface area contributed by atoms with Gasteiger partial charge in [-0.3, -0.25) is 4.79 Å². The van der Waals surface area contributed by atoms with Gasteiger partial charge in [-0.05, 0) is 12.8 Å². The van der Waals surface area contributed by atoms with E-state index < -0.39 is 24.7 Å². The molecular weight excluding hydrogens is 355 g/mol. The lowest BCUT2D eigenvalue weighted by atomic mass is 9.93. The number of amides is 1. The van der Waals surface area contributed by atoms with E-state index in [1.54, 1.807) is 9.42 Å². The van der Waals surface area contributed by atoms with Crippen LogP contribution in [0.5, 0.6) is 0 Å². The molecule has 2 aromatic rings. The van der Waals surface area contributed by atoms with E-state index in [1.807, 2.05) is 11.5 Å². The van der Waals surface area contributed by atoms with Gasteiger partial charge >= 0.3 is 6.18 Å². The van der Waals surface area contributed by atoms with Gasteiger partial charge in [0.25, 0.3) is 0 Å². The number of imidazole rings is 1. The molecule has 0 bridgehead atoms. The van der Waals surface area contributed by atoms with Crippen LogP contribution in [0.1, 0.15) is 39.3 Å². The van der Waals surface area contributed by atoms with Crippen molar-refractivity contribution < 1.29 is 18.0 Å². The Morgan fingerprint density at radius 2 is 2.12 bits per heavy atom. The highest BCUT2D eigenvalue weighted by molar-refractivity contribution is 7.20. The maximum atomic E-state index is 12.3. The fourth-order valence-corrected chi connectivity index (χ4v) is 3.70. The molecule has 3 heterocycles. The maximum absolute atomic E-state index is 12.3. The third-order valence-corrected chi connectivity index (χ3v) is 5.02. The topological polar surface area (TPSA) is 62.5 Å². The summed E-state index contributed by atoms with van der Waals surface area (Å²) < 4.78 is 38.6. The Balaban J connectivity index is 1.77. The molecule has 0 aromatic carbocycles. The molecule has 1 aliphatic heterocycles. The highest BCUT2D eigenvalue weighted by atomic mass is 32.1. The standard InChI is InChI=1S/C15H20F3N5OS/c1-14(2,3)10-7-23-12(20-10)25-13(21-23)22-6-4-5-9(22)11(24)19-8-15(16,17)18/h7,9H,4-6,8H2,1-3H3,(H,19,24)/t9-/m0/s1. The molecule has 1 aliphatic rings. The molecule has 0 saturated carbocycles. The molecule has 0 spiro atoms. The molecule has 3 rings (SSSR count). The van der Waals surface area contributed by atoms with Crippen LogP contribution in [-0.2, 0) is 10.2 Å². The second-order valence-electron chi connectivity index (χ2n) is 7.17. The van der Waals surface area contributed by atoms with Gasteiger partial charge in [0, 0.05) is 12.0 Å². The first-order valence-corrected chi connectivity index (χ1v) is 8.84. The number of carbonyl (C=O) groups is 1. The number of hydrogen-bond acceptors (Lipinski definition) is 5. The lowest BCUT2D eigenvalue weighted by molar-refractivity contribution is -0.139. The molecule has 0 radical (unpaired) electrons. The van der Waals surface area contributed by atoms with Gasteiger partial charge in [-0.25, -0.2) is 9.50 Å². The largest absolute Gasteiger partial charge is 0.405 e. The summed E-state index contributed by atoms with van der Waals surface area (Å²) in [5.74, 6) is -0.613. The molecule has 0 aliphatic carbocycles. The van der Waals surface area contributed by atoms with E-state index in [0.717, 1.165) is 12.1 Å².